The maximum absolute atomic E-state index is 14.2. The quantitative estimate of drug-likeness (QED) is 0.185. The van der Waals surface area contributed by atoms with Crippen LogP contribution in [0.2, 0.25) is 0 Å². The molecule has 2 heterocycles. The zero-order chi connectivity index (χ0) is 33.6. The molecular formula is C38H31N3O6S. The van der Waals surface area contributed by atoms with Gasteiger partial charge in [-0.1, -0.05) is 78.1 Å². The molecule has 0 fully saturated rings. The molecule has 240 valence electrons. The van der Waals surface area contributed by atoms with Crippen LogP contribution < -0.4 is 29.1 Å². The summed E-state index contributed by atoms with van der Waals surface area (Å²) in [5, 5.41) is 9.42. The summed E-state index contributed by atoms with van der Waals surface area (Å²) in [5.41, 5.74) is 3.85. The molecule has 1 aliphatic heterocycles. The molecule has 6 rings (SSSR count). The van der Waals surface area contributed by atoms with Gasteiger partial charge in [0.05, 0.1) is 54.3 Å². The maximum atomic E-state index is 14.2. The van der Waals surface area contributed by atoms with E-state index in [1.807, 2.05) is 60.7 Å². The number of rotatable bonds is 10. The molecule has 0 bridgehead atoms. The lowest BCUT2D eigenvalue weighted by molar-refractivity contribution is -0.138. The predicted octanol–water partition coefficient (Wildman–Crippen LogP) is 5.40. The van der Waals surface area contributed by atoms with E-state index in [1.54, 1.807) is 68.2 Å². The highest BCUT2D eigenvalue weighted by Gasteiger charge is 2.35. The van der Waals surface area contributed by atoms with Crippen molar-refractivity contribution in [3.05, 3.63) is 150 Å². The molecule has 9 nitrogen and oxygen atoms in total. The smallest absolute Gasteiger partial charge is 0.338 e. The van der Waals surface area contributed by atoms with Crippen LogP contribution in [0.5, 0.6) is 17.2 Å². The van der Waals surface area contributed by atoms with Gasteiger partial charge in [-0.15, -0.1) is 0 Å². The van der Waals surface area contributed by atoms with Gasteiger partial charge < -0.3 is 18.9 Å². The van der Waals surface area contributed by atoms with Gasteiger partial charge >= 0.3 is 5.97 Å². The molecule has 0 aliphatic carbocycles. The second-order valence-corrected chi connectivity index (χ2v) is 11.7. The van der Waals surface area contributed by atoms with E-state index in [0.29, 0.717) is 49.0 Å². The zero-order valence-electron chi connectivity index (χ0n) is 26.5. The summed E-state index contributed by atoms with van der Waals surface area (Å²) < 4.78 is 24.5. The van der Waals surface area contributed by atoms with E-state index in [-0.39, 0.29) is 24.3 Å². The molecule has 0 saturated heterocycles. The molecule has 4 aromatic carbocycles. The van der Waals surface area contributed by atoms with Gasteiger partial charge in [0.2, 0.25) is 0 Å². The summed E-state index contributed by atoms with van der Waals surface area (Å²) in [6.45, 7) is 2.10. The number of esters is 1. The molecule has 0 unspecified atom stereocenters. The van der Waals surface area contributed by atoms with Crippen molar-refractivity contribution in [2.24, 2.45) is 4.99 Å². The second-order valence-electron chi connectivity index (χ2n) is 10.7. The number of nitrogens with zero attached hydrogens (tertiary/aromatic N) is 3. The van der Waals surface area contributed by atoms with Crippen LogP contribution in [0.1, 0.15) is 40.8 Å². The third-order valence-corrected chi connectivity index (χ3v) is 8.79. The third kappa shape index (κ3) is 6.36. The molecule has 1 aliphatic rings. The van der Waals surface area contributed by atoms with Crippen molar-refractivity contribution < 1.29 is 23.7 Å². The Morgan fingerprint density at radius 3 is 2.42 bits per heavy atom. The maximum Gasteiger partial charge on any atom is 0.338 e. The van der Waals surface area contributed by atoms with Crippen molar-refractivity contribution in [3.8, 4) is 23.3 Å². The third-order valence-electron chi connectivity index (χ3n) is 7.81. The summed E-state index contributed by atoms with van der Waals surface area (Å²) in [5.74, 6) is 1.06. The fourth-order valence-corrected chi connectivity index (χ4v) is 6.50. The van der Waals surface area contributed by atoms with Crippen LogP contribution in [0.25, 0.3) is 11.8 Å². The number of hydrogen-bond donors (Lipinski definition) is 0. The van der Waals surface area contributed by atoms with Crippen LogP contribution in [0.15, 0.2) is 112 Å². The molecule has 0 radical (unpaired) electrons. The van der Waals surface area contributed by atoms with Gasteiger partial charge in [-0.3, -0.25) is 9.36 Å². The minimum atomic E-state index is -0.801. The fourth-order valence-electron chi connectivity index (χ4n) is 5.50. The van der Waals surface area contributed by atoms with E-state index in [4.69, 9.17) is 23.9 Å². The largest absolute Gasteiger partial charge is 0.497 e. The molecule has 0 saturated carbocycles. The van der Waals surface area contributed by atoms with Gasteiger partial charge in [-0.2, -0.15) is 5.26 Å². The molecule has 0 N–H and O–H groups in total. The summed E-state index contributed by atoms with van der Waals surface area (Å²) in [7, 11) is 3.12. The molecule has 0 spiro atoms. The van der Waals surface area contributed by atoms with Crippen LogP contribution in [0.3, 0.4) is 0 Å². The normalized spacial score (nSPS) is 14.0. The Bertz CT molecular complexity index is 2230. The number of carbonyl (C=O) groups excluding carboxylic acids is 1. The van der Waals surface area contributed by atoms with Crippen molar-refractivity contribution in [1.82, 2.24) is 4.57 Å². The van der Waals surface area contributed by atoms with Gasteiger partial charge in [-0.25, -0.2) is 9.79 Å². The van der Waals surface area contributed by atoms with E-state index >= 15 is 0 Å². The lowest BCUT2D eigenvalue weighted by Gasteiger charge is -2.26. The van der Waals surface area contributed by atoms with E-state index in [9.17, 15) is 14.9 Å². The number of carbonyl (C=O) groups is 1. The van der Waals surface area contributed by atoms with Crippen molar-refractivity contribution in [1.29, 1.82) is 5.26 Å². The highest BCUT2D eigenvalue weighted by atomic mass is 32.1. The van der Waals surface area contributed by atoms with Crippen LogP contribution in [0.4, 0.5) is 0 Å². The van der Waals surface area contributed by atoms with Crippen molar-refractivity contribution in [2.45, 2.75) is 19.6 Å². The van der Waals surface area contributed by atoms with Crippen molar-refractivity contribution >= 4 is 29.1 Å². The fraction of sp³-hybridized carbons (Fsp3) is 0.158. The number of methoxy groups -OCH3 is 2. The summed E-state index contributed by atoms with van der Waals surface area (Å²) in [6.07, 6.45) is 1.77. The Morgan fingerprint density at radius 2 is 1.71 bits per heavy atom. The highest BCUT2D eigenvalue weighted by molar-refractivity contribution is 7.07. The lowest BCUT2D eigenvalue weighted by atomic mass is 9.93. The standard InChI is InChI=1S/C38H31N3O6S/c1-4-46-37(43)33-34(25-10-6-5-7-11-25)40-38-41(35(33)26-15-17-29(44-2)18-16-26)36(42)32(48-38)21-24-14-19-30(31(20-24)45-3)47-23-28-13-9-8-12-27(28)22-39/h5-21,35H,4,23H2,1-3H3/b32-21-/t35-/m0/s1. The SMILES string of the molecule is CCOC(=O)C1=C(c2ccccc2)N=c2s/c(=C\c3ccc(OCc4ccccc4C#N)c(OC)c3)c(=O)n2[C@H]1c1ccc(OC)cc1. The van der Waals surface area contributed by atoms with E-state index in [1.165, 1.54) is 11.3 Å². The number of thiazole rings is 1. The van der Waals surface area contributed by atoms with Gasteiger partial charge in [0, 0.05) is 11.1 Å². The number of fused-ring (bicyclic) bond motifs is 1. The van der Waals surface area contributed by atoms with Crippen LogP contribution in [-0.4, -0.2) is 31.4 Å². The first-order chi connectivity index (χ1) is 23.4. The first kappa shape index (κ1) is 32.0. The molecule has 10 heteroatoms. The van der Waals surface area contributed by atoms with E-state index < -0.39 is 12.0 Å². The Morgan fingerprint density at radius 1 is 0.958 bits per heavy atom. The number of nitriles is 1. The molecule has 48 heavy (non-hydrogen) atoms. The molecule has 5 aromatic rings. The van der Waals surface area contributed by atoms with Crippen LogP contribution in [0, 0.1) is 11.3 Å². The minimum Gasteiger partial charge on any atom is -0.497 e. The van der Waals surface area contributed by atoms with E-state index in [2.05, 4.69) is 6.07 Å². The Kier molecular flexibility index (Phi) is 9.50. The zero-order valence-corrected chi connectivity index (χ0v) is 27.3. The highest BCUT2D eigenvalue weighted by Crippen LogP contribution is 2.36. The second kappa shape index (κ2) is 14.2. The van der Waals surface area contributed by atoms with E-state index in [0.717, 1.165) is 11.1 Å². The van der Waals surface area contributed by atoms with Gasteiger partial charge in [0.25, 0.3) is 5.56 Å². The average Bonchev–Trinajstić information content (AvgIpc) is 3.44. The summed E-state index contributed by atoms with van der Waals surface area (Å²) in [6, 6.07) is 30.7. The monoisotopic (exact) mass is 657 g/mol. The first-order valence-corrected chi connectivity index (χ1v) is 16.0. The first-order valence-electron chi connectivity index (χ1n) is 15.2. The summed E-state index contributed by atoms with van der Waals surface area (Å²) in [4.78, 5) is 33.2. The average molecular weight is 658 g/mol. The van der Waals surface area contributed by atoms with Crippen molar-refractivity contribution in [2.75, 3.05) is 20.8 Å². The number of hydrogen-bond acceptors (Lipinski definition) is 9. The molecular weight excluding hydrogens is 627 g/mol. The number of aromatic nitrogens is 1. The topological polar surface area (TPSA) is 112 Å². The summed E-state index contributed by atoms with van der Waals surface area (Å²) >= 11 is 1.23. The lowest BCUT2D eigenvalue weighted by Crippen LogP contribution is -2.40. The minimum absolute atomic E-state index is 0.163. The number of benzene rings is 4. The van der Waals surface area contributed by atoms with Gasteiger partial charge in [0.15, 0.2) is 16.3 Å². The Labute approximate surface area is 280 Å². The molecule has 1 aromatic heterocycles. The van der Waals surface area contributed by atoms with Crippen molar-refractivity contribution in [3.63, 3.8) is 0 Å². The van der Waals surface area contributed by atoms with Gasteiger partial charge in [0.1, 0.15) is 12.4 Å². The predicted molar refractivity (Wildman–Crippen MR) is 183 cm³/mol. The Balaban J connectivity index is 1.46. The van der Waals surface area contributed by atoms with Crippen LogP contribution in [-0.2, 0) is 16.1 Å². The Hall–Kier alpha value is -5.92. The van der Waals surface area contributed by atoms with Crippen LogP contribution >= 0.6 is 11.3 Å². The van der Waals surface area contributed by atoms with Gasteiger partial charge in [-0.05, 0) is 54.5 Å². The molecule has 0 amide bonds. The number of ether oxygens (including phenoxy) is 4. The molecule has 1 atom stereocenters.